The van der Waals surface area contributed by atoms with E-state index in [1.807, 2.05) is 0 Å². The molecule has 0 amide bonds. The Balaban J connectivity index is 0. The van der Waals surface area contributed by atoms with Crippen LogP contribution >= 0.6 is 0 Å². The Bertz CT molecular complexity index is 23.0. The normalized spacial score (nSPS) is 10.0. The summed E-state index contributed by atoms with van der Waals surface area (Å²) in [7, 11) is 0. The van der Waals surface area contributed by atoms with Crippen molar-refractivity contribution in [1.29, 1.82) is 0 Å². The van der Waals surface area contributed by atoms with Gasteiger partial charge in [0.1, 0.15) is 0 Å². The molecule has 0 radical (unpaired) electrons. The van der Waals surface area contributed by atoms with E-state index < -0.39 is 15.1 Å². The fourth-order valence-electron chi connectivity index (χ4n) is 0. The molecule has 0 atom stereocenters. The van der Waals surface area contributed by atoms with E-state index in [2.05, 4.69) is 0 Å². The van der Waals surface area contributed by atoms with Crippen LogP contribution in [0.15, 0.2) is 0 Å². The first kappa shape index (κ1) is 9.52. The summed E-state index contributed by atoms with van der Waals surface area (Å²) in [6, 6.07) is 0. The second-order valence-electron chi connectivity index (χ2n) is 0.429. The number of halogens is 4. The summed E-state index contributed by atoms with van der Waals surface area (Å²) in [6.45, 7) is 0. The van der Waals surface area contributed by atoms with Crippen molar-refractivity contribution in [3.05, 3.63) is 0 Å². The van der Waals surface area contributed by atoms with Gasteiger partial charge in [-0.25, -0.2) is 0 Å². The van der Waals surface area contributed by atoms with Crippen LogP contribution in [0.2, 0.25) is 0 Å². The van der Waals surface area contributed by atoms with Crippen molar-refractivity contribution in [2.24, 2.45) is 0 Å². The molecule has 0 fully saturated rings. The van der Waals surface area contributed by atoms with Crippen LogP contribution in [0.4, 0.5) is 14.0 Å². The summed E-state index contributed by atoms with van der Waals surface area (Å²) in [6.07, 6.45) is 0. The Morgan fingerprint density at radius 3 is 0.833 bits per heavy atom. The molecule has 0 aromatic rings. The second kappa shape index (κ2) is 2.41. The predicted octanol–water partition coefficient (Wildman–Crippen LogP) is 0.475. The first-order chi connectivity index (χ1) is 2.00. The maximum atomic E-state index is 9.88. The van der Waals surface area contributed by atoms with Gasteiger partial charge in [-0.1, -0.05) is 0 Å². The van der Waals surface area contributed by atoms with Gasteiger partial charge in [-0.2, -0.15) is 0 Å². The Labute approximate surface area is 35.6 Å². The molecule has 0 unspecified atom stereocenters. The van der Waals surface area contributed by atoms with Gasteiger partial charge in [-0.05, 0) is 0 Å². The van der Waals surface area contributed by atoms with Crippen LogP contribution in [0.1, 0.15) is 0 Å². The molecule has 0 aliphatic carbocycles. The summed E-state index contributed by atoms with van der Waals surface area (Å²) in [5.74, 6) is 0. The Kier molecular flexibility index (Phi) is 3.82. The quantitative estimate of drug-likeness (QED) is 0.370. The first-order valence-corrected chi connectivity index (χ1v) is 3.93. The Morgan fingerprint density at radius 1 is 0.833 bits per heavy atom. The molecular weight excluding hydrogens is 165 g/mol. The molecular formula is H2F4GeO. The van der Waals surface area contributed by atoms with Gasteiger partial charge < -0.3 is 5.48 Å². The van der Waals surface area contributed by atoms with Gasteiger partial charge in [0.2, 0.25) is 0 Å². The van der Waals surface area contributed by atoms with E-state index >= 15 is 0 Å². The van der Waals surface area contributed by atoms with Crippen LogP contribution in [-0.4, -0.2) is 20.6 Å². The Morgan fingerprint density at radius 2 is 0.833 bits per heavy atom. The van der Waals surface area contributed by atoms with Crippen LogP contribution in [0.5, 0.6) is 0 Å². The van der Waals surface area contributed by atoms with Crippen molar-refractivity contribution < 1.29 is 19.5 Å². The minimum absolute atomic E-state index is 0. The van der Waals surface area contributed by atoms with E-state index in [0.717, 1.165) is 0 Å². The summed E-state index contributed by atoms with van der Waals surface area (Å²) in [5, 5.41) is 0. The molecule has 6 heavy (non-hydrogen) atoms. The van der Waals surface area contributed by atoms with Crippen molar-refractivity contribution in [1.82, 2.24) is 0 Å². The monoisotopic (exact) mass is 168 g/mol. The molecule has 0 aromatic heterocycles. The van der Waals surface area contributed by atoms with Crippen molar-refractivity contribution in [2.45, 2.75) is 0 Å². The summed E-state index contributed by atoms with van der Waals surface area (Å²) >= 11 is -7.00. The summed E-state index contributed by atoms with van der Waals surface area (Å²) < 4.78 is 39.5. The van der Waals surface area contributed by atoms with Gasteiger partial charge in [-0.15, -0.1) is 0 Å². The van der Waals surface area contributed by atoms with Gasteiger partial charge >= 0.3 is 29.1 Å². The molecule has 0 rings (SSSR count). The zero-order chi connectivity index (χ0) is 4.50. The third-order valence-electron chi connectivity index (χ3n) is 0. The van der Waals surface area contributed by atoms with E-state index in [9.17, 15) is 14.0 Å². The second-order valence-corrected chi connectivity index (χ2v) is 2.23. The predicted molar refractivity (Wildman–Crippen MR) is 13.8 cm³/mol. The minimum atomic E-state index is -7.00. The van der Waals surface area contributed by atoms with Crippen molar-refractivity contribution in [3.8, 4) is 0 Å². The van der Waals surface area contributed by atoms with E-state index in [0.29, 0.717) is 0 Å². The van der Waals surface area contributed by atoms with Crippen LogP contribution < -0.4 is 0 Å². The first-order valence-electron chi connectivity index (χ1n) is 0.756. The Hall–Kier alpha value is 0.223. The van der Waals surface area contributed by atoms with Crippen molar-refractivity contribution in [3.63, 3.8) is 0 Å². The van der Waals surface area contributed by atoms with Crippen LogP contribution in [-0.2, 0) is 0 Å². The SMILES string of the molecule is O.[F][Ge]([F])([F])[F]. The molecule has 40 valence electrons. The molecule has 1 nitrogen and oxygen atoms in total. The molecule has 0 spiro atoms. The van der Waals surface area contributed by atoms with E-state index in [1.165, 1.54) is 0 Å². The van der Waals surface area contributed by atoms with Gasteiger partial charge in [0, 0.05) is 0 Å². The van der Waals surface area contributed by atoms with Crippen molar-refractivity contribution in [2.75, 3.05) is 0 Å². The van der Waals surface area contributed by atoms with Gasteiger partial charge in [0.25, 0.3) is 0 Å². The van der Waals surface area contributed by atoms with Gasteiger partial charge in [-0.3, -0.25) is 0 Å². The molecule has 0 heterocycles. The fraction of sp³-hybridized carbons (Fsp3) is 0. The fourth-order valence-corrected chi connectivity index (χ4v) is 0. The van der Waals surface area contributed by atoms with Crippen LogP contribution in [0.25, 0.3) is 0 Å². The standard InChI is InChI=1S/F4Ge.H2O/c1-5(2,3)4;/h;1H2. The average molecular weight is 167 g/mol. The number of hydrogen-bond donors (Lipinski definition) is 0. The van der Waals surface area contributed by atoms with Gasteiger partial charge in [0.05, 0.1) is 0 Å². The van der Waals surface area contributed by atoms with E-state index in [-0.39, 0.29) is 5.48 Å². The maximum absolute atomic E-state index is 9.88. The third-order valence-corrected chi connectivity index (χ3v) is 0. The topological polar surface area (TPSA) is 31.5 Å². The van der Waals surface area contributed by atoms with E-state index in [4.69, 9.17) is 0 Å². The average Bonchev–Trinajstić information content (AvgIpc) is 0.722. The molecule has 2 N–H and O–H groups in total. The zero-order valence-electron chi connectivity index (χ0n) is 2.51. The van der Waals surface area contributed by atoms with Crippen LogP contribution in [0.3, 0.4) is 0 Å². The van der Waals surface area contributed by atoms with Gasteiger partial charge in [0.15, 0.2) is 0 Å². The molecule has 0 aromatic carbocycles. The summed E-state index contributed by atoms with van der Waals surface area (Å²) in [5.41, 5.74) is 0. The molecule has 0 saturated carbocycles. The van der Waals surface area contributed by atoms with Crippen LogP contribution in [0, 0.1) is 0 Å². The molecule has 0 bridgehead atoms. The molecule has 0 saturated heterocycles. The molecule has 6 heteroatoms. The number of hydrogen-bond acceptors (Lipinski definition) is 0. The molecule has 0 aliphatic heterocycles. The third kappa shape index (κ3) is 883. The zero-order valence-corrected chi connectivity index (χ0v) is 4.61. The van der Waals surface area contributed by atoms with E-state index in [1.54, 1.807) is 0 Å². The summed E-state index contributed by atoms with van der Waals surface area (Å²) in [4.78, 5) is 0. The molecule has 0 aliphatic rings. The number of rotatable bonds is 0. The van der Waals surface area contributed by atoms with Crippen molar-refractivity contribution >= 4 is 15.1 Å².